The molecule has 4 aromatic rings. The van der Waals surface area contributed by atoms with Gasteiger partial charge in [0.1, 0.15) is 65.7 Å². The van der Waals surface area contributed by atoms with Crippen molar-refractivity contribution in [2.45, 2.75) is 76.7 Å². The summed E-state index contributed by atoms with van der Waals surface area (Å²) < 4.78 is 38.0. The molecule has 5 rings (SSSR count). The van der Waals surface area contributed by atoms with Crippen LogP contribution in [-0.4, -0.2) is 160 Å². The predicted molar refractivity (Wildman–Crippen MR) is 245 cm³/mol. The van der Waals surface area contributed by atoms with Crippen LogP contribution in [-0.2, 0) is 60.7 Å². The summed E-state index contributed by atoms with van der Waals surface area (Å²) in [7, 11) is 0. The number of rotatable bonds is 30. The van der Waals surface area contributed by atoms with Gasteiger partial charge in [0.2, 0.25) is 17.7 Å². The molecule has 1 fully saturated rings. The summed E-state index contributed by atoms with van der Waals surface area (Å²) in [6.45, 7) is 2.13. The van der Waals surface area contributed by atoms with E-state index in [-0.39, 0.29) is 139 Å². The number of carboxylic acids is 1. The summed E-state index contributed by atoms with van der Waals surface area (Å²) in [4.78, 5) is 100. The molecule has 68 heavy (non-hydrogen) atoms. The highest BCUT2D eigenvalue weighted by Gasteiger charge is 2.40. The molecule has 0 radical (unpaired) electrons. The first-order valence-electron chi connectivity index (χ1n) is 22.0. The summed E-state index contributed by atoms with van der Waals surface area (Å²) in [6.07, 6.45) is 3.04. The number of nitrogens with one attached hydrogen (secondary N) is 2. The Morgan fingerprint density at radius 3 is 2.34 bits per heavy atom. The van der Waals surface area contributed by atoms with E-state index in [1.165, 1.54) is 16.5 Å². The molecular formula is C45H55BrFN9O12. The Bertz CT molecular complexity index is 2390. The zero-order chi connectivity index (χ0) is 49.0. The smallest absolute Gasteiger partial charge is 0.320 e. The topological polar surface area (TPSA) is 286 Å². The average molecular weight is 1010 g/mol. The summed E-state index contributed by atoms with van der Waals surface area (Å²) in [5.74, 6) is -2.43. The zero-order valence-electron chi connectivity index (χ0n) is 37.5. The van der Waals surface area contributed by atoms with Crippen molar-refractivity contribution in [2.24, 2.45) is 5.73 Å². The Morgan fingerprint density at radius 2 is 1.62 bits per heavy atom. The average Bonchev–Trinajstić information content (AvgIpc) is 3.89. The van der Waals surface area contributed by atoms with Crippen LogP contribution in [0.4, 0.5) is 10.2 Å². The van der Waals surface area contributed by atoms with E-state index < -0.39 is 36.0 Å². The van der Waals surface area contributed by atoms with E-state index in [1.807, 2.05) is 0 Å². The number of nitrogens with two attached hydrogens (primary N) is 1. The second-order valence-corrected chi connectivity index (χ2v) is 16.6. The Morgan fingerprint density at radius 1 is 0.897 bits per heavy atom. The van der Waals surface area contributed by atoms with Crippen LogP contribution in [0.15, 0.2) is 53.4 Å². The van der Waals surface area contributed by atoms with Gasteiger partial charge >= 0.3 is 5.97 Å². The van der Waals surface area contributed by atoms with Gasteiger partial charge in [0.05, 0.1) is 45.1 Å². The van der Waals surface area contributed by atoms with E-state index in [9.17, 15) is 38.0 Å². The molecule has 1 aliphatic heterocycles. The molecule has 21 nitrogen and oxygen atoms in total. The van der Waals surface area contributed by atoms with Gasteiger partial charge in [0.15, 0.2) is 11.6 Å². The van der Waals surface area contributed by atoms with Crippen LogP contribution in [0.25, 0.3) is 22.0 Å². The maximum Gasteiger partial charge on any atom is 0.320 e. The largest absolute Gasteiger partial charge is 0.480 e. The molecule has 1 aromatic carbocycles. The number of carboxylic acid groups (broad SMARTS) is 1. The van der Waals surface area contributed by atoms with Gasteiger partial charge in [-0.25, -0.2) is 19.3 Å². The summed E-state index contributed by atoms with van der Waals surface area (Å²) in [6, 6.07) is 8.07. The maximum absolute atomic E-state index is 14.6. The van der Waals surface area contributed by atoms with Gasteiger partial charge in [0.25, 0.3) is 0 Å². The number of fused-ring (bicyclic) bond motifs is 1. The number of ether oxygens (including phenoxy) is 4. The number of likely N-dealkylation sites (tertiary alicyclic amines) is 1. The van der Waals surface area contributed by atoms with E-state index in [1.54, 1.807) is 48.8 Å². The lowest BCUT2D eigenvalue weighted by molar-refractivity contribution is -0.139. The van der Waals surface area contributed by atoms with Crippen LogP contribution < -0.4 is 16.4 Å². The van der Waals surface area contributed by atoms with Gasteiger partial charge in [-0.2, -0.15) is 5.10 Å². The Hall–Kier alpha value is -5.98. The Labute approximate surface area is 399 Å². The van der Waals surface area contributed by atoms with Gasteiger partial charge < -0.3 is 45.3 Å². The number of aryl methyl sites for hydroxylation is 1. The van der Waals surface area contributed by atoms with Crippen molar-refractivity contribution < 1.29 is 62.0 Å². The lowest BCUT2D eigenvalue weighted by atomic mass is 10.0. The molecule has 0 spiro atoms. The first-order chi connectivity index (χ1) is 32.7. The van der Waals surface area contributed by atoms with Crippen molar-refractivity contribution >= 4 is 73.7 Å². The van der Waals surface area contributed by atoms with E-state index in [0.29, 0.717) is 45.5 Å². The number of amides is 3. The monoisotopic (exact) mass is 1010 g/mol. The van der Waals surface area contributed by atoms with Crippen LogP contribution in [0.1, 0.15) is 61.8 Å². The Balaban J connectivity index is 0.950. The second-order valence-electron chi connectivity index (χ2n) is 15.8. The molecule has 1 saturated heterocycles. The van der Waals surface area contributed by atoms with Crippen molar-refractivity contribution in [2.75, 3.05) is 71.3 Å². The number of hydrogen-bond acceptors (Lipinski definition) is 16. The molecule has 0 saturated carbocycles. The third-order valence-electron chi connectivity index (χ3n) is 10.5. The molecule has 3 aromatic heterocycles. The number of ketones is 3. The predicted octanol–water partition coefficient (Wildman–Crippen LogP) is 2.66. The van der Waals surface area contributed by atoms with Crippen LogP contribution in [0.3, 0.4) is 0 Å². The van der Waals surface area contributed by atoms with Crippen molar-refractivity contribution in [3.8, 4) is 11.1 Å². The molecule has 5 N–H and O–H groups in total. The van der Waals surface area contributed by atoms with Crippen molar-refractivity contribution in [3.63, 3.8) is 0 Å². The number of nitrogens with zero attached hydrogens (tertiary/aromatic N) is 6. The van der Waals surface area contributed by atoms with Gasteiger partial charge in [-0.05, 0) is 58.6 Å². The van der Waals surface area contributed by atoms with E-state index >= 15 is 0 Å². The van der Waals surface area contributed by atoms with Crippen LogP contribution in [0.2, 0.25) is 0 Å². The first kappa shape index (κ1) is 53.0. The molecule has 366 valence electrons. The summed E-state index contributed by atoms with van der Waals surface area (Å²) in [5, 5.41) is 19.0. The zero-order valence-corrected chi connectivity index (χ0v) is 39.1. The quantitative estimate of drug-likeness (QED) is 0.0332. The molecular weight excluding hydrogens is 957 g/mol. The van der Waals surface area contributed by atoms with Gasteiger partial charge in [-0.3, -0.25) is 38.2 Å². The number of benzene rings is 1. The number of hydrogen-bond donors (Lipinski definition) is 4. The van der Waals surface area contributed by atoms with Gasteiger partial charge in [-0.1, -0.05) is 12.1 Å². The van der Waals surface area contributed by atoms with Crippen molar-refractivity contribution in [1.29, 1.82) is 0 Å². The van der Waals surface area contributed by atoms with E-state index in [2.05, 4.69) is 46.6 Å². The van der Waals surface area contributed by atoms with E-state index in [0.717, 1.165) is 0 Å². The number of halogens is 2. The van der Waals surface area contributed by atoms with Gasteiger partial charge in [-0.15, -0.1) is 0 Å². The number of Topliss-reactive ketones (excluding diaryl/α,β-unsaturated/α-hetero) is 3. The van der Waals surface area contributed by atoms with Crippen LogP contribution in [0.5, 0.6) is 0 Å². The fourth-order valence-electron chi connectivity index (χ4n) is 6.95. The number of carbonyl (C=O) groups is 7. The number of anilines is 1. The highest BCUT2D eigenvalue weighted by molar-refractivity contribution is 9.10. The molecule has 3 amide bonds. The number of aliphatic carboxylic acids is 1. The number of alkyl halides is 1. The minimum Gasteiger partial charge on any atom is -0.480 e. The normalized spacial score (nSPS) is 15.0. The minimum absolute atomic E-state index is 0.0753. The first-order valence-corrected chi connectivity index (χ1v) is 22.8. The van der Waals surface area contributed by atoms with Crippen molar-refractivity contribution in [3.05, 3.63) is 64.9 Å². The number of pyridine rings is 1. The molecule has 0 aliphatic carbocycles. The second kappa shape index (κ2) is 27.1. The number of carbonyl (C=O) groups excluding carboxylic acids is 6. The lowest BCUT2D eigenvalue weighted by Crippen LogP contribution is -2.44. The molecule has 23 heteroatoms. The summed E-state index contributed by atoms with van der Waals surface area (Å²) in [5.41, 5.74) is 7.32. The number of aromatic nitrogens is 5. The third-order valence-corrected chi connectivity index (χ3v) is 10.9. The van der Waals surface area contributed by atoms with Gasteiger partial charge in [0, 0.05) is 75.5 Å². The van der Waals surface area contributed by atoms with Crippen molar-refractivity contribution in [1.82, 2.24) is 34.9 Å². The SMILES string of the molecule is CC(=O)c1nn(CC(=O)N2C[C@H](F)C[C@H]2C(=O)Nc2cccc(Br)n2)c2ccc(-c3cnc(CCC(=O)COCCOCCNC(=O)COCCOCCCC(=O)CC[C@H](N)C(=O)O)nc3)cc12. The Kier molecular flexibility index (Phi) is 21.1. The minimum atomic E-state index is -1.40. The highest BCUT2D eigenvalue weighted by Crippen LogP contribution is 2.28. The standard InChI is InChI=1S/C45H55BrFN9O12/c1-28(57)43-34-20-29(7-11-36(34)56(54-43)25-42(61)55-24-31(47)21-37(55)44(62)53-40-6-2-5-38(46)52-40)30-22-50-39(51-23-30)12-9-33(59)26-67-18-17-66-15-13-49-41(60)27-68-19-16-65-14-3-4-32(58)8-10-35(48)45(63)64/h2,5-7,11,20,22-23,31,35,37H,3-4,8-10,12-19,21,24-27,48H2,1H3,(H,49,60)(H,63,64)(H,52,53,62)/t31-,35+,37+/m1/s1. The lowest BCUT2D eigenvalue weighted by Gasteiger charge is -2.23. The fourth-order valence-corrected chi connectivity index (χ4v) is 7.30. The fraction of sp³-hybridized carbons (Fsp3) is 0.489. The van der Waals surface area contributed by atoms with E-state index in [4.69, 9.17) is 29.8 Å². The molecule has 3 atom stereocenters. The van der Waals surface area contributed by atoms with Crippen LogP contribution >= 0.6 is 15.9 Å². The third kappa shape index (κ3) is 17.0. The van der Waals surface area contributed by atoms with Crippen LogP contribution in [0, 0.1) is 0 Å². The molecule has 0 unspecified atom stereocenters. The highest BCUT2D eigenvalue weighted by atomic mass is 79.9. The summed E-state index contributed by atoms with van der Waals surface area (Å²) >= 11 is 3.25. The maximum atomic E-state index is 14.6. The molecule has 0 bridgehead atoms. The molecule has 4 heterocycles. The molecule has 1 aliphatic rings.